The molecular weight excluding hydrogens is 587 g/mol. The molecule has 43 heavy (non-hydrogen) atoms. The lowest BCUT2D eigenvalue weighted by Gasteiger charge is -2.15. The van der Waals surface area contributed by atoms with Crippen LogP contribution >= 0.6 is 23.1 Å². The van der Waals surface area contributed by atoms with E-state index in [-0.39, 0.29) is 30.7 Å². The summed E-state index contributed by atoms with van der Waals surface area (Å²) >= 11 is 2.68. The van der Waals surface area contributed by atoms with Gasteiger partial charge in [0.25, 0.3) is 5.91 Å². The van der Waals surface area contributed by atoms with Gasteiger partial charge >= 0.3 is 5.97 Å². The number of carbonyl (C=O) groups excluding carboxylic acids is 3. The second kappa shape index (κ2) is 13.4. The number of esters is 1. The van der Waals surface area contributed by atoms with Crippen molar-refractivity contribution in [2.24, 2.45) is 0 Å². The third-order valence-corrected chi connectivity index (χ3v) is 9.40. The van der Waals surface area contributed by atoms with Crippen LogP contribution in [-0.4, -0.2) is 52.0 Å². The zero-order valence-electron chi connectivity index (χ0n) is 24.5. The van der Waals surface area contributed by atoms with E-state index in [9.17, 15) is 14.4 Å². The number of nitrogens with one attached hydrogen (secondary N) is 2. The summed E-state index contributed by atoms with van der Waals surface area (Å²) in [4.78, 5) is 40.0. The van der Waals surface area contributed by atoms with E-state index in [2.05, 4.69) is 20.8 Å². The Balaban J connectivity index is 1.36. The molecule has 1 aliphatic rings. The van der Waals surface area contributed by atoms with Gasteiger partial charge in [-0.2, -0.15) is 0 Å². The van der Waals surface area contributed by atoms with Gasteiger partial charge in [-0.15, -0.1) is 21.5 Å². The van der Waals surface area contributed by atoms with Crippen molar-refractivity contribution in [3.63, 3.8) is 0 Å². The SMILES string of the molecule is CCOC(=O)c1c(NC(=O)CSc2nnc(CNC(=O)c3ccccc3OC)n2-c2cccc(C)c2C)sc2c1CCC2. The second-order valence-corrected chi connectivity index (χ2v) is 12.0. The normalized spacial score (nSPS) is 12.1. The number of ether oxygens (including phenoxy) is 2. The summed E-state index contributed by atoms with van der Waals surface area (Å²) in [6.07, 6.45) is 2.69. The van der Waals surface area contributed by atoms with Gasteiger partial charge in [-0.3, -0.25) is 14.2 Å². The van der Waals surface area contributed by atoms with Gasteiger partial charge in [-0.1, -0.05) is 36.0 Å². The quantitative estimate of drug-likeness (QED) is 0.172. The molecule has 2 heterocycles. The molecule has 0 bridgehead atoms. The number of carbonyl (C=O) groups is 3. The third-order valence-electron chi connectivity index (χ3n) is 7.26. The van der Waals surface area contributed by atoms with Crippen molar-refractivity contribution >= 4 is 45.9 Å². The third kappa shape index (κ3) is 6.45. The van der Waals surface area contributed by atoms with Crippen LogP contribution in [0.4, 0.5) is 5.00 Å². The van der Waals surface area contributed by atoms with E-state index in [4.69, 9.17) is 9.47 Å². The molecule has 1 aliphatic carbocycles. The molecule has 2 N–H and O–H groups in total. The lowest BCUT2D eigenvalue weighted by molar-refractivity contribution is -0.113. The number of nitrogens with zero attached hydrogens (tertiary/aromatic N) is 3. The number of thioether (sulfide) groups is 1. The first kappa shape index (κ1) is 30.3. The average molecular weight is 620 g/mol. The Morgan fingerprint density at radius 3 is 2.67 bits per heavy atom. The molecule has 0 aliphatic heterocycles. The fraction of sp³-hybridized carbons (Fsp3) is 0.323. The monoisotopic (exact) mass is 619 g/mol. The molecule has 0 atom stereocenters. The van der Waals surface area contributed by atoms with Crippen LogP contribution in [0.2, 0.25) is 0 Å². The van der Waals surface area contributed by atoms with E-state index in [1.165, 1.54) is 30.2 Å². The van der Waals surface area contributed by atoms with Gasteiger partial charge in [-0.25, -0.2) is 4.79 Å². The molecule has 2 aromatic heterocycles. The first-order chi connectivity index (χ1) is 20.8. The van der Waals surface area contributed by atoms with Crippen molar-refractivity contribution in [2.75, 3.05) is 24.8 Å². The minimum atomic E-state index is -0.403. The summed E-state index contributed by atoms with van der Waals surface area (Å²) in [5.41, 5.74) is 4.84. The van der Waals surface area contributed by atoms with Gasteiger partial charge in [0.05, 0.1) is 42.8 Å². The smallest absolute Gasteiger partial charge is 0.341 e. The number of anilines is 1. The Morgan fingerprint density at radius 2 is 1.88 bits per heavy atom. The lowest BCUT2D eigenvalue weighted by Crippen LogP contribution is -2.25. The van der Waals surface area contributed by atoms with Crippen molar-refractivity contribution in [2.45, 2.75) is 51.7 Å². The summed E-state index contributed by atoms with van der Waals surface area (Å²) in [5.74, 6) is 0.0547. The Bertz CT molecular complexity index is 1680. The number of amides is 2. The number of methoxy groups -OCH3 is 1. The molecule has 4 aromatic rings. The van der Waals surface area contributed by atoms with Crippen molar-refractivity contribution in [1.82, 2.24) is 20.1 Å². The largest absolute Gasteiger partial charge is 0.496 e. The van der Waals surface area contributed by atoms with Crippen molar-refractivity contribution < 1.29 is 23.9 Å². The number of aryl methyl sites for hydroxylation is 2. The van der Waals surface area contributed by atoms with E-state index in [0.717, 1.165) is 46.5 Å². The van der Waals surface area contributed by atoms with Gasteiger partial charge in [0.1, 0.15) is 10.8 Å². The summed E-state index contributed by atoms with van der Waals surface area (Å²) < 4.78 is 12.5. The highest BCUT2D eigenvalue weighted by atomic mass is 32.2. The summed E-state index contributed by atoms with van der Waals surface area (Å²) in [6, 6.07) is 12.9. The zero-order chi connectivity index (χ0) is 30.5. The number of hydrogen-bond donors (Lipinski definition) is 2. The van der Waals surface area contributed by atoms with Gasteiger partial charge in [0.15, 0.2) is 11.0 Å². The molecule has 2 amide bonds. The summed E-state index contributed by atoms with van der Waals surface area (Å²) in [7, 11) is 1.52. The Kier molecular flexibility index (Phi) is 9.46. The molecule has 0 unspecified atom stereocenters. The maximum atomic E-state index is 13.1. The molecule has 2 aromatic carbocycles. The minimum Gasteiger partial charge on any atom is -0.496 e. The van der Waals surface area contributed by atoms with Gasteiger partial charge in [-0.05, 0) is 74.9 Å². The number of hydrogen-bond acceptors (Lipinski definition) is 9. The molecule has 224 valence electrons. The molecule has 0 saturated heterocycles. The average Bonchev–Trinajstić information content (AvgIpc) is 3.71. The van der Waals surface area contributed by atoms with Crippen LogP contribution in [0.3, 0.4) is 0 Å². The predicted octanol–water partition coefficient (Wildman–Crippen LogP) is 5.28. The van der Waals surface area contributed by atoms with Crippen LogP contribution < -0.4 is 15.4 Å². The van der Waals surface area contributed by atoms with Crippen LogP contribution in [-0.2, 0) is 28.9 Å². The molecule has 0 saturated carbocycles. The maximum absolute atomic E-state index is 13.1. The van der Waals surface area contributed by atoms with E-state index in [0.29, 0.717) is 32.9 Å². The Morgan fingerprint density at radius 1 is 1.07 bits per heavy atom. The van der Waals surface area contributed by atoms with Crippen LogP contribution in [0.25, 0.3) is 5.69 Å². The first-order valence-electron chi connectivity index (χ1n) is 14.0. The lowest BCUT2D eigenvalue weighted by atomic mass is 10.1. The van der Waals surface area contributed by atoms with E-state index < -0.39 is 5.97 Å². The highest BCUT2D eigenvalue weighted by Crippen LogP contribution is 2.39. The summed E-state index contributed by atoms with van der Waals surface area (Å²) in [5, 5.41) is 15.7. The van der Waals surface area contributed by atoms with Crippen molar-refractivity contribution in [3.05, 3.63) is 81.0 Å². The van der Waals surface area contributed by atoms with E-state index in [1.54, 1.807) is 31.2 Å². The van der Waals surface area contributed by atoms with Crippen LogP contribution in [0.15, 0.2) is 47.6 Å². The number of thiophene rings is 1. The number of fused-ring (bicyclic) bond motifs is 1. The highest BCUT2D eigenvalue weighted by molar-refractivity contribution is 7.99. The van der Waals surface area contributed by atoms with Crippen LogP contribution in [0, 0.1) is 13.8 Å². The molecule has 0 radical (unpaired) electrons. The first-order valence-corrected chi connectivity index (χ1v) is 15.8. The van der Waals surface area contributed by atoms with Gasteiger partial charge in [0.2, 0.25) is 5.91 Å². The molecule has 0 spiro atoms. The topological polar surface area (TPSA) is 124 Å². The standard InChI is InChI=1S/C31H33N5O5S2/c1-5-41-30(39)27-21-12-9-15-24(21)43-29(27)33-26(37)17-42-31-35-34-25(36(31)22-13-8-10-18(2)19(22)3)16-32-28(38)20-11-6-7-14-23(20)40-4/h6-8,10-11,13-14H,5,9,12,15-17H2,1-4H3,(H,32,38)(H,33,37). The van der Waals surface area contributed by atoms with Crippen LogP contribution in [0.1, 0.15) is 61.5 Å². The van der Waals surface area contributed by atoms with Gasteiger partial charge in [0, 0.05) is 4.88 Å². The van der Waals surface area contributed by atoms with Crippen molar-refractivity contribution in [1.29, 1.82) is 0 Å². The van der Waals surface area contributed by atoms with Crippen molar-refractivity contribution in [3.8, 4) is 11.4 Å². The molecule has 0 fully saturated rings. The van der Waals surface area contributed by atoms with Gasteiger partial charge < -0.3 is 20.1 Å². The maximum Gasteiger partial charge on any atom is 0.341 e. The minimum absolute atomic E-state index is 0.0431. The Labute approximate surface area is 258 Å². The molecule has 10 nitrogen and oxygen atoms in total. The predicted molar refractivity (Wildman–Crippen MR) is 167 cm³/mol. The molecular formula is C31H33N5O5S2. The number of benzene rings is 2. The van der Waals surface area contributed by atoms with Crippen LogP contribution in [0.5, 0.6) is 5.75 Å². The van der Waals surface area contributed by atoms with E-state index >= 15 is 0 Å². The Hall–Kier alpha value is -4.16. The molecule has 5 rings (SSSR count). The highest BCUT2D eigenvalue weighted by Gasteiger charge is 2.28. The number of rotatable bonds is 11. The second-order valence-electron chi connectivity index (χ2n) is 9.96. The zero-order valence-corrected chi connectivity index (χ0v) is 26.1. The number of aromatic nitrogens is 3. The fourth-order valence-electron chi connectivity index (χ4n) is 5.02. The van der Waals surface area contributed by atoms with E-state index in [1.807, 2.05) is 36.6 Å². The number of para-hydroxylation sites is 1. The summed E-state index contributed by atoms with van der Waals surface area (Å²) in [6.45, 7) is 6.17. The molecule has 12 heteroatoms. The fourth-order valence-corrected chi connectivity index (χ4v) is 7.08.